The van der Waals surface area contributed by atoms with Crippen molar-refractivity contribution in [3.05, 3.63) is 23.3 Å². The van der Waals surface area contributed by atoms with Crippen LogP contribution in [0.25, 0.3) is 0 Å². The summed E-state index contributed by atoms with van der Waals surface area (Å²) in [6.07, 6.45) is 9.78. The quantitative estimate of drug-likeness (QED) is 0.537. The molecule has 0 fully saturated rings. The maximum absolute atomic E-state index is 11.4. The predicted octanol–water partition coefficient (Wildman–Crippen LogP) is 5.07. The normalized spacial score (nSPS) is 13.4. The largest absolute Gasteiger partial charge is 0.300 e. The van der Waals surface area contributed by atoms with Crippen LogP contribution in [0.5, 0.6) is 0 Å². The zero-order valence-corrected chi connectivity index (χ0v) is 12.2. The minimum Gasteiger partial charge on any atom is -0.300 e. The van der Waals surface area contributed by atoms with Gasteiger partial charge in [0.05, 0.1) is 0 Å². The number of allylic oxidation sites excluding steroid dienone is 4. The van der Waals surface area contributed by atoms with Gasteiger partial charge in [-0.2, -0.15) is 0 Å². The van der Waals surface area contributed by atoms with E-state index in [9.17, 15) is 4.79 Å². The fourth-order valence-electron chi connectivity index (χ4n) is 1.87. The van der Waals surface area contributed by atoms with E-state index >= 15 is 0 Å². The summed E-state index contributed by atoms with van der Waals surface area (Å²) in [5.41, 5.74) is 2.79. The molecule has 0 saturated carbocycles. The molecule has 0 rings (SSSR count). The lowest BCUT2D eigenvalue weighted by atomic mass is 9.94. The van der Waals surface area contributed by atoms with Gasteiger partial charge < -0.3 is 0 Å². The van der Waals surface area contributed by atoms with Crippen molar-refractivity contribution in [2.75, 3.05) is 0 Å². The van der Waals surface area contributed by atoms with E-state index in [1.165, 1.54) is 11.1 Å². The van der Waals surface area contributed by atoms with Crippen LogP contribution in [0.15, 0.2) is 23.3 Å². The second-order valence-electron chi connectivity index (χ2n) is 5.20. The Kier molecular flexibility index (Phi) is 8.75. The van der Waals surface area contributed by atoms with Crippen molar-refractivity contribution in [3.8, 4) is 0 Å². The first-order valence-electron chi connectivity index (χ1n) is 6.76. The van der Waals surface area contributed by atoms with Gasteiger partial charge in [0.25, 0.3) is 0 Å². The molecule has 0 aliphatic heterocycles. The van der Waals surface area contributed by atoms with Crippen LogP contribution >= 0.6 is 0 Å². The van der Waals surface area contributed by atoms with Gasteiger partial charge in [-0.1, -0.05) is 36.6 Å². The standard InChI is InChI=1S/C16H28O/c1-6-8-16(15(5)17)12-11-14(4)10-7-9-13(2)3/h9,11,16H,6-8,10,12H2,1-5H3/b14-11+. The molecule has 0 aromatic heterocycles. The van der Waals surface area contributed by atoms with Crippen LogP contribution in [0.2, 0.25) is 0 Å². The fourth-order valence-corrected chi connectivity index (χ4v) is 1.87. The molecule has 1 atom stereocenters. The van der Waals surface area contributed by atoms with Crippen molar-refractivity contribution in [2.24, 2.45) is 5.92 Å². The van der Waals surface area contributed by atoms with Crippen molar-refractivity contribution in [1.29, 1.82) is 0 Å². The minimum absolute atomic E-state index is 0.235. The van der Waals surface area contributed by atoms with E-state index < -0.39 is 0 Å². The average molecular weight is 236 g/mol. The molecule has 0 aromatic rings. The molecule has 98 valence electrons. The van der Waals surface area contributed by atoms with Gasteiger partial charge in [0, 0.05) is 5.92 Å². The highest BCUT2D eigenvalue weighted by Gasteiger charge is 2.10. The molecule has 0 N–H and O–H groups in total. The summed E-state index contributed by atoms with van der Waals surface area (Å²) in [5.74, 6) is 0.568. The maximum atomic E-state index is 11.4. The van der Waals surface area contributed by atoms with Gasteiger partial charge in [0.1, 0.15) is 5.78 Å². The molecule has 0 spiro atoms. The van der Waals surface area contributed by atoms with Crippen molar-refractivity contribution in [3.63, 3.8) is 0 Å². The van der Waals surface area contributed by atoms with Crippen LogP contribution in [0.1, 0.15) is 66.7 Å². The molecule has 0 amide bonds. The van der Waals surface area contributed by atoms with Gasteiger partial charge in [-0.15, -0.1) is 0 Å². The third-order valence-corrected chi connectivity index (χ3v) is 3.05. The lowest BCUT2D eigenvalue weighted by molar-refractivity contribution is -0.120. The van der Waals surface area contributed by atoms with Crippen LogP contribution in [-0.2, 0) is 4.79 Å². The number of hydrogen-bond donors (Lipinski definition) is 0. The van der Waals surface area contributed by atoms with Gasteiger partial charge in [0.2, 0.25) is 0 Å². The zero-order chi connectivity index (χ0) is 13.3. The van der Waals surface area contributed by atoms with Crippen LogP contribution in [0.4, 0.5) is 0 Å². The Hall–Kier alpha value is -0.850. The number of hydrogen-bond acceptors (Lipinski definition) is 1. The van der Waals surface area contributed by atoms with Gasteiger partial charge >= 0.3 is 0 Å². The summed E-state index contributed by atoms with van der Waals surface area (Å²) < 4.78 is 0. The van der Waals surface area contributed by atoms with Crippen molar-refractivity contribution >= 4 is 5.78 Å². The highest BCUT2D eigenvalue weighted by Crippen LogP contribution is 2.16. The highest BCUT2D eigenvalue weighted by atomic mass is 16.1. The third kappa shape index (κ3) is 8.91. The summed E-state index contributed by atoms with van der Waals surface area (Å²) in [7, 11) is 0. The number of rotatable bonds is 8. The van der Waals surface area contributed by atoms with Crippen molar-refractivity contribution in [1.82, 2.24) is 0 Å². The van der Waals surface area contributed by atoms with Gasteiger partial charge in [-0.25, -0.2) is 0 Å². The van der Waals surface area contributed by atoms with E-state index in [-0.39, 0.29) is 5.92 Å². The molecule has 17 heavy (non-hydrogen) atoms. The minimum atomic E-state index is 0.235. The first kappa shape index (κ1) is 16.1. The van der Waals surface area contributed by atoms with Crippen LogP contribution in [0, 0.1) is 5.92 Å². The van der Waals surface area contributed by atoms with Gasteiger partial charge in [0.15, 0.2) is 0 Å². The monoisotopic (exact) mass is 236 g/mol. The zero-order valence-electron chi connectivity index (χ0n) is 12.2. The van der Waals surface area contributed by atoms with Crippen LogP contribution in [-0.4, -0.2) is 5.78 Å². The lowest BCUT2D eigenvalue weighted by Crippen LogP contribution is -2.09. The van der Waals surface area contributed by atoms with E-state index in [4.69, 9.17) is 0 Å². The molecule has 0 aromatic carbocycles. The first-order chi connectivity index (χ1) is 7.97. The molecule has 0 aliphatic carbocycles. The molecular formula is C16H28O. The Labute approximate surface area is 107 Å². The molecular weight excluding hydrogens is 208 g/mol. The lowest BCUT2D eigenvalue weighted by Gasteiger charge is -2.10. The molecule has 0 saturated heterocycles. The summed E-state index contributed by atoms with van der Waals surface area (Å²) in [4.78, 5) is 11.4. The maximum Gasteiger partial charge on any atom is 0.133 e. The molecule has 1 heteroatoms. The second kappa shape index (κ2) is 9.21. The molecule has 1 nitrogen and oxygen atoms in total. The third-order valence-electron chi connectivity index (χ3n) is 3.05. The highest BCUT2D eigenvalue weighted by molar-refractivity contribution is 5.78. The smallest absolute Gasteiger partial charge is 0.133 e. The summed E-state index contributed by atoms with van der Waals surface area (Å²) in [6.45, 7) is 10.3. The van der Waals surface area contributed by atoms with Crippen molar-refractivity contribution < 1.29 is 4.79 Å². The summed E-state index contributed by atoms with van der Waals surface area (Å²) in [6, 6.07) is 0. The molecule has 0 heterocycles. The Morgan fingerprint density at radius 3 is 2.24 bits per heavy atom. The number of ketones is 1. The first-order valence-corrected chi connectivity index (χ1v) is 6.76. The van der Waals surface area contributed by atoms with Gasteiger partial charge in [-0.05, 0) is 53.4 Å². The Bertz CT molecular complexity index is 280. The van der Waals surface area contributed by atoms with E-state index in [2.05, 4.69) is 39.8 Å². The number of carbonyl (C=O) groups is 1. The van der Waals surface area contributed by atoms with E-state index in [1.807, 2.05) is 0 Å². The van der Waals surface area contributed by atoms with Gasteiger partial charge in [-0.3, -0.25) is 4.79 Å². The Morgan fingerprint density at radius 2 is 1.76 bits per heavy atom. The van der Waals surface area contributed by atoms with Crippen LogP contribution < -0.4 is 0 Å². The predicted molar refractivity (Wildman–Crippen MR) is 76.1 cm³/mol. The number of carbonyl (C=O) groups excluding carboxylic acids is 1. The average Bonchev–Trinajstić information content (AvgIpc) is 2.23. The van der Waals surface area contributed by atoms with E-state index in [0.29, 0.717) is 5.78 Å². The summed E-state index contributed by atoms with van der Waals surface area (Å²) in [5, 5.41) is 0. The molecule has 1 unspecified atom stereocenters. The Morgan fingerprint density at radius 1 is 1.12 bits per heavy atom. The van der Waals surface area contributed by atoms with Crippen LogP contribution in [0.3, 0.4) is 0 Å². The van der Waals surface area contributed by atoms with Crippen molar-refractivity contribution in [2.45, 2.75) is 66.7 Å². The topological polar surface area (TPSA) is 17.1 Å². The van der Waals surface area contributed by atoms with E-state index in [1.54, 1.807) is 6.92 Å². The Balaban J connectivity index is 4.10. The second-order valence-corrected chi connectivity index (χ2v) is 5.20. The summed E-state index contributed by atoms with van der Waals surface area (Å²) >= 11 is 0. The SMILES string of the molecule is CCCC(C/C=C(\C)CCC=C(C)C)C(C)=O. The molecule has 0 radical (unpaired) electrons. The molecule has 0 bridgehead atoms. The fraction of sp³-hybridized carbons (Fsp3) is 0.688. The van der Waals surface area contributed by atoms with E-state index in [0.717, 1.165) is 32.1 Å². The molecule has 0 aliphatic rings. The number of Topliss-reactive ketones (excluding diaryl/α,β-unsaturated/α-hetero) is 1.